The van der Waals surface area contributed by atoms with E-state index in [-0.39, 0.29) is 31.9 Å². The second kappa shape index (κ2) is 14.9. The lowest BCUT2D eigenvalue weighted by Gasteiger charge is -2.34. The van der Waals surface area contributed by atoms with Gasteiger partial charge in [0, 0.05) is 23.9 Å². The molecule has 5 aliphatic rings. The van der Waals surface area contributed by atoms with Crippen molar-refractivity contribution in [1.82, 2.24) is 25.2 Å². The number of fused-ring (bicyclic) bond motifs is 3. The van der Waals surface area contributed by atoms with Crippen molar-refractivity contribution in [3.8, 4) is 5.88 Å². The van der Waals surface area contributed by atoms with Gasteiger partial charge in [0.05, 0.1) is 18.4 Å². The van der Waals surface area contributed by atoms with Crippen molar-refractivity contribution in [2.75, 3.05) is 13.2 Å². The molecular weight excluding hydrogens is 687 g/mol. The molecule has 3 aliphatic carbocycles. The number of alkyl carbamates (subject to hydrolysis) is 1. The minimum Gasteiger partial charge on any atom is -0.472 e. The van der Waals surface area contributed by atoms with Crippen molar-refractivity contribution in [3.05, 3.63) is 54.8 Å². The van der Waals surface area contributed by atoms with Crippen molar-refractivity contribution >= 4 is 50.7 Å². The highest BCUT2D eigenvalue weighted by Gasteiger charge is 2.62. The van der Waals surface area contributed by atoms with E-state index in [0.717, 1.165) is 61.3 Å². The Labute approximate surface area is 304 Å². The van der Waals surface area contributed by atoms with Gasteiger partial charge >= 0.3 is 6.09 Å². The third-order valence-electron chi connectivity index (χ3n) is 11.1. The molecule has 5 atom stereocenters. The van der Waals surface area contributed by atoms with Gasteiger partial charge in [-0.05, 0) is 80.4 Å². The van der Waals surface area contributed by atoms with Gasteiger partial charge in [-0.2, -0.15) is 0 Å². The van der Waals surface area contributed by atoms with Crippen molar-refractivity contribution < 1.29 is 37.1 Å². The van der Waals surface area contributed by atoms with Crippen LogP contribution in [0.15, 0.2) is 49.2 Å². The van der Waals surface area contributed by atoms with Gasteiger partial charge in [0.2, 0.25) is 27.7 Å². The molecule has 1 saturated heterocycles. The van der Waals surface area contributed by atoms with Crippen LogP contribution in [0, 0.1) is 11.8 Å². The Kier molecular flexibility index (Phi) is 10.3. The van der Waals surface area contributed by atoms with Gasteiger partial charge in [-0.3, -0.25) is 19.1 Å². The third-order valence-corrected chi connectivity index (χ3v) is 12.9. The van der Waals surface area contributed by atoms with Gasteiger partial charge < -0.3 is 25.0 Å². The van der Waals surface area contributed by atoms with Crippen molar-refractivity contribution in [3.63, 3.8) is 0 Å². The van der Waals surface area contributed by atoms with Crippen molar-refractivity contribution in [1.29, 1.82) is 0 Å². The first kappa shape index (κ1) is 35.9. The summed E-state index contributed by atoms with van der Waals surface area (Å²) >= 11 is 0. The first-order valence-corrected chi connectivity index (χ1v) is 20.1. The maximum absolute atomic E-state index is 14.7. The molecule has 3 heterocycles. The van der Waals surface area contributed by atoms with E-state index in [1.165, 1.54) is 11.0 Å². The van der Waals surface area contributed by atoms with E-state index in [4.69, 9.17) is 9.47 Å². The number of amides is 4. The van der Waals surface area contributed by atoms with E-state index < -0.39 is 68.7 Å². The molecule has 1 aromatic heterocycles. The number of pyridine rings is 1. The Morgan fingerprint density at radius 1 is 1.06 bits per heavy atom. The van der Waals surface area contributed by atoms with Crippen LogP contribution >= 0.6 is 0 Å². The topological polar surface area (TPSA) is 173 Å². The van der Waals surface area contributed by atoms with Crippen molar-refractivity contribution in [2.24, 2.45) is 11.8 Å². The lowest BCUT2D eigenvalue weighted by molar-refractivity contribution is -0.142. The molecule has 1 aromatic carbocycles. The van der Waals surface area contributed by atoms with Gasteiger partial charge in [0.25, 0.3) is 5.91 Å². The highest BCUT2D eigenvalue weighted by atomic mass is 32.2. The molecule has 4 fully saturated rings. The average molecular weight is 734 g/mol. The molecule has 0 radical (unpaired) electrons. The molecule has 4 amide bonds. The quantitative estimate of drug-likeness (QED) is 0.354. The van der Waals surface area contributed by atoms with E-state index in [2.05, 4.69) is 33.0 Å². The number of rotatable bonds is 7. The number of cyclic esters (lactones) is 1. The summed E-state index contributed by atoms with van der Waals surface area (Å²) in [7, 11) is -3.88. The van der Waals surface area contributed by atoms with Gasteiger partial charge in [-0.1, -0.05) is 49.6 Å². The number of benzene rings is 1. The SMILES string of the molecule is C=C[C@@H]1CC1(NC(=O)[C@@H]1C[C@@H]2CN1C(=O)[C@H](C1CCCCC1)NC(=O)OCCCC/C=C/c1ccc3ccnc(c3c1)O2)C(=O)NS(=O)(=O)C1CC1. The summed E-state index contributed by atoms with van der Waals surface area (Å²) < 4.78 is 39.6. The Bertz CT molecular complexity index is 1870. The molecular formula is C38H47N5O8S. The molecule has 13 nitrogen and oxygen atoms in total. The summed E-state index contributed by atoms with van der Waals surface area (Å²) in [6.07, 6.45) is 13.7. The van der Waals surface area contributed by atoms with Crippen LogP contribution in [0.1, 0.15) is 82.6 Å². The molecule has 3 saturated carbocycles. The molecule has 2 aromatic rings. The first-order valence-electron chi connectivity index (χ1n) is 18.5. The number of sulfonamides is 1. The van der Waals surface area contributed by atoms with E-state index in [0.29, 0.717) is 25.1 Å². The van der Waals surface area contributed by atoms with Crippen molar-refractivity contribution in [2.45, 2.75) is 106 Å². The summed E-state index contributed by atoms with van der Waals surface area (Å²) in [5.41, 5.74) is -0.561. The second-order valence-electron chi connectivity index (χ2n) is 14.8. The van der Waals surface area contributed by atoms with E-state index in [9.17, 15) is 27.6 Å². The van der Waals surface area contributed by atoms with Crippen LogP contribution in [0.4, 0.5) is 4.79 Å². The molecule has 1 unspecified atom stereocenters. The molecule has 278 valence electrons. The Morgan fingerprint density at radius 2 is 1.87 bits per heavy atom. The van der Waals surface area contributed by atoms with Crippen LogP contribution < -0.4 is 20.1 Å². The van der Waals surface area contributed by atoms with Crippen LogP contribution in [0.3, 0.4) is 0 Å². The minimum atomic E-state index is -3.88. The van der Waals surface area contributed by atoms with Crippen LogP contribution in [0.5, 0.6) is 5.88 Å². The van der Waals surface area contributed by atoms with Crippen LogP contribution in [-0.2, 0) is 29.1 Å². The maximum atomic E-state index is 14.7. The fourth-order valence-electron chi connectivity index (χ4n) is 7.85. The second-order valence-corrected chi connectivity index (χ2v) is 16.8. The summed E-state index contributed by atoms with van der Waals surface area (Å²) in [5.74, 6) is -2.16. The number of hydrogen-bond acceptors (Lipinski definition) is 9. The smallest absolute Gasteiger partial charge is 0.407 e. The molecule has 52 heavy (non-hydrogen) atoms. The van der Waals surface area contributed by atoms with Gasteiger partial charge in [-0.15, -0.1) is 6.58 Å². The Balaban J connectivity index is 1.21. The first-order chi connectivity index (χ1) is 25.1. The van der Waals surface area contributed by atoms with Gasteiger partial charge in [0.1, 0.15) is 23.7 Å². The van der Waals surface area contributed by atoms with E-state index in [1.807, 2.05) is 30.3 Å². The fourth-order valence-corrected chi connectivity index (χ4v) is 9.22. The van der Waals surface area contributed by atoms with Crippen LogP contribution in [0.2, 0.25) is 0 Å². The number of ether oxygens (including phenoxy) is 2. The Morgan fingerprint density at radius 3 is 2.62 bits per heavy atom. The zero-order chi connectivity index (χ0) is 36.5. The summed E-state index contributed by atoms with van der Waals surface area (Å²) in [6.45, 7) is 4.02. The van der Waals surface area contributed by atoms with Gasteiger partial charge in [0.15, 0.2) is 0 Å². The number of carbonyl (C=O) groups excluding carboxylic acids is 4. The lowest BCUT2D eigenvalue weighted by atomic mass is 9.83. The Hall–Kier alpha value is -4.46. The predicted molar refractivity (Wildman–Crippen MR) is 193 cm³/mol. The van der Waals surface area contributed by atoms with Crippen LogP contribution in [0.25, 0.3) is 16.8 Å². The molecule has 3 N–H and O–H groups in total. The zero-order valence-corrected chi connectivity index (χ0v) is 30.1. The largest absolute Gasteiger partial charge is 0.472 e. The predicted octanol–water partition coefficient (Wildman–Crippen LogP) is 4.12. The molecule has 0 spiro atoms. The fraction of sp³-hybridized carbons (Fsp3) is 0.553. The number of aromatic nitrogens is 1. The normalized spacial score (nSPS) is 29.4. The standard InChI is InChI=1S/C38H47N5O8S/c1-2-27-22-38(27,36(46)42-52(48,49)29-15-16-29)41-33(44)31-21-28-23-43(31)35(45)32(26-11-7-5-8-12-26)40-37(47)50-19-9-4-3-6-10-24-13-14-25-17-18-39-34(51-28)30(25)20-24/h2,6,10,13-14,17-18,20,26-29,31-32H,1,3-5,7-9,11-12,15-16,19,21-23H2,(H,40,47)(H,41,44)(H,42,46)/b10-6+/t27-,28-,31+,32+,38?/m1/s1. The zero-order valence-electron chi connectivity index (χ0n) is 29.3. The molecule has 4 bridgehead atoms. The van der Waals surface area contributed by atoms with E-state index in [1.54, 1.807) is 6.20 Å². The monoisotopic (exact) mass is 733 g/mol. The van der Waals surface area contributed by atoms with Crippen LogP contribution in [-0.4, -0.2) is 84.2 Å². The van der Waals surface area contributed by atoms with Gasteiger partial charge in [-0.25, -0.2) is 18.2 Å². The number of nitrogens with zero attached hydrogens (tertiary/aromatic N) is 2. The number of nitrogens with one attached hydrogen (secondary N) is 3. The maximum Gasteiger partial charge on any atom is 0.407 e. The molecule has 14 heteroatoms. The molecule has 2 aliphatic heterocycles. The summed E-state index contributed by atoms with van der Waals surface area (Å²) in [4.78, 5) is 61.6. The summed E-state index contributed by atoms with van der Waals surface area (Å²) in [5, 5.41) is 6.77. The number of carbonyl (C=O) groups is 4. The molecule has 7 rings (SSSR count). The highest BCUT2D eigenvalue weighted by Crippen LogP contribution is 2.45. The summed E-state index contributed by atoms with van der Waals surface area (Å²) in [6, 6.07) is 5.87. The number of allylic oxidation sites excluding steroid dienone is 1. The third kappa shape index (κ3) is 7.67. The highest BCUT2D eigenvalue weighted by molar-refractivity contribution is 7.91. The average Bonchev–Trinajstić information content (AvgIpc) is 4.07. The minimum absolute atomic E-state index is 0.0225. The number of hydrogen-bond donors (Lipinski definition) is 3. The van der Waals surface area contributed by atoms with E-state index >= 15 is 0 Å². The lowest BCUT2D eigenvalue weighted by Crippen LogP contribution is -2.59.